The molecule has 0 saturated carbocycles. The molecule has 2 N–H and O–H groups in total. The molecule has 0 radical (unpaired) electrons. The molecule has 0 bridgehead atoms. The fourth-order valence-electron chi connectivity index (χ4n) is 1.86. The third-order valence-electron chi connectivity index (χ3n) is 2.86. The molecule has 116 valence electrons. The van der Waals surface area contributed by atoms with Gasteiger partial charge in [-0.3, -0.25) is 0 Å². The van der Waals surface area contributed by atoms with E-state index in [2.05, 4.69) is 25.8 Å². The third kappa shape index (κ3) is 4.01. The van der Waals surface area contributed by atoms with E-state index in [9.17, 15) is 0 Å². The van der Waals surface area contributed by atoms with Gasteiger partial charge in [0, 0.05) is 10.7 Å². The van der Waals surface area contributed by atoms with Crippen molar-refractivity contribution >= 4 is 57.9 Å². The van der Waals surface area contributed by atoms with E-state index in [0.29, 0.717) is 26.6 Å². The van der Waals surface area contributed by atoms with E-state index in [4.69, 9.17) is 34.8 Å². The average molecular weight is 367 g/mol. The standard InChI is InChI=1S/C15H10Cl3N5/c16-9-3-1-4-10(7-9)20-13-8-19-23-15(21-13)22-14-11(17)5-2-6-12(14)18/h1-8H,(H2,20,21,22,23). The zero-order valence-corrected chi connectivity index (χ0v) is 13.9. The number of nitrogens with zero attached hydrogens (tertiary/aromatic N) is 3. The summed E-state index contributed by atoms with van der Waals surface area (Å²) >= 11 is 18.2. The maximum Gasteiger partial charge on any atom is 0.249 e. The highest BCUT2D eigenvalue weighted by Gasteiger charge is 2.08. The fraction of sp³-hybridized carbons (Fsp3) is 0. The Morgan fingerprint density at radius 3 is 2.35 bits per heavy atom. The second-order valence-electron chi connectivity index (χ2n) is 4.52. The van der Waals surface area contributed by atoms with Crippen molar-refractivity contribution in [1.82, 2.24) is 15.2 Å². The number of halogens is 3. The lowest BCUT2D eigenvalue weighted by Crippen LogP contribution is -2.03. The van der Waals surface area contributed by atoms with Crippen molar-refractivity contribution in [3.8, 4) is 0 Å². The quantitative estimate of drug-likeness (QED) is 0.654. The van der Waals surface area contributed by atoms with Gasteiger partial charge in [-0.1, -0.05) is 46.9 Å². The molecule has 3 aromatic rings. The van der Waals surface area contributed by atoms with Gasteiger partial charge in [-0.2, -0.15) is 10.1 Å². The molecule has 8 heteroatoms. The number of nitrogens with one attached hydrogen (secondary N) is 2. The predicted molar refractivity (Wildman–Crippen MR) is 94.3 cm³/mol. The van der Waals surface area contributed by atoms with Crippen LogP contribution in [0.15, 0.2) is 48.7 Å². The smallest absolute Gasteiger partial charge is 0.249 e. The minimum Gasteiger partial charge on any atom is -0.339 e. The third-order valence-corrected chi connectivity index (χ3v) is 3.72. The lowest BCUT2D eigenvalue weighted by atomic mass is 10.3. The first-order chi connectivity index (χ1) is 11.1. The Morgan fingerprint density at radius 1 is 0.870 bits per heavy atom. The molecule has 1 heterocycles. The van der Waals surface area contributed by atoms with Crippen LogP contribution in [0.4, 0.5) is 23.1 Å². The van der Waals surface area contributed by atoms with Gasteiger partial charge in [0.2, 0.25) is 5.95 Å². The Labute approximate surface area is 147 Å². The minimum absolute atomic E-state index is 0.270. The second kappa shape index (κ2) is 7.00. The maximum atomic E-state index is 6.11. The van der Waals surface area contributed by atoms with Gasteiger partial charge < -0.3 is 10.6 Å². The first kappa shape index (κ1) is 15.8. The molecule has 1 aromatic heterocycles. The summed E-state index contributed by atoms with van der Waals surface area (Å²) in [7, 11) is 0. The molecule has 0 aliphatic rings. The SMILES string of the molecule is Clc1cccc(Nc2cnnc(Nc3c(Cl)cccc3Cl)n2)c1. The van der Waals surface area contributed by atoms with Crippen LogP contribution in [0, 0.1) is 0 Å². The molecule has 0 fully saturated rings. The number of hydrogen-bond acceptors (Lipinski definition) is 5. The lowest BCUT2D eigenvalue weighted by Gasteiger charge is -2.10. The summed E-state index contributed by atoms with van der Waals surface area (Å²) in [6.07, 6.45) is 1.50. The average Bonchev–Trinajstić information content (AvgIpc) is 2.52. The van der Waals surface area contributed by atoms with Gasteiger partial charge in [-0.05, 0) is 30.3 Å². The molecular formula is C15H10Cl3N5. The Morgan fingerprint density at radius 2 is 1.61 bits per heavy atom. The molecule has 0 aliphatic carbocycles. The summed E-state index contributed by atoms with van der Waals surface area (Å²) in [6.45, 7) is 0. The predicted octanol–water partition coefficient (Wildman–Crippen LogP) is 5.32. The Hall–Kier alpha value is -2.08. The van der Waals surface area contributed by atoms with E-state index in [0.717, 1.165) is 5.69 Å². The normalized spacial score (nSPS) is 10.4. The van der Waals surface area contributed by atoms with Crippen LogP contribution in [-0.2, 0) is 0 Å². The van der Waals surface area contributed by atoms with E-state index in [1.807, 2.05) is 12.1 Å². The topological polar surface area (TPSA) is 62.7 Å². The van der Waals surface area contributed by atoms with Crippen LogP contribution in [0.3, 0.4) is 0 Å². The van der Waals surface area contributed by atoms with Crippen LogP contribution in [0.2, 0.25) is 15.1 Å². The highest BCUT2D eigenvalue weighted by atomic mass is 35.5. The zero-order chi connectivity index (χ0) is 16.2. The first-order valence-corrected chi connectivity index (χ1v) is 7.68. The summed E-state index contributed by atoms with van der Waals surface area (Å²) in [5.41, 5.74) is 1.32. The van der Waals surface area contributed by atoms with Crippen LogP contribution in [0.5, 0.6) is 0 Å². The summed E-state index contributed by atoms with van der Waals surface area (Å²) in [5, 5.41) is 15.4. The molecule has 5 nitrogen and oxygen atoms in total. The van der Waals surface area contributed by atoms with Crippen molar-refractivity contribution in [1.29, 1.82) is 0 Å². The molecule has 3 rings (SSSR count). The molecule has 0 unspecified atom stereocenters. The van der Waals surface area contributed by atoms with Gasteiger partial charge in [0.1, 0.15) is 0 Å². The molecule has 2 aromatic carbocycles. The lowest BCUT2D eigenvalue weighted by molar-refractivity contribution is 0.982. The van der Waals surface area contributed by atoms with Crippen LogP contribution in [0.25, 0.3) is 0 Å². The van der Waals surface area contributed by atoms with E-state index >= 15 is 0 Å². The van der Waals surface area contributed by atoms with Crippen molar-refractivity contribution in [3.63, 3.8) is 0 Å². The van der Waals surface area contributed by atoms with E-state index in [-0.39, 0.29) is 5.95 Å². The number of para-hydroxylation sites is 1. The van der Waals surface area contributed by atoms with Crippen LogP contribution >= 0.6 is 34.8 Å². The summed E-state index contributed by atoms with van der Waals surface area (Å²) in [6, 6.07) is 12.5. The van der Waals surface area contributed by atoms with Crippen molar-refractivity contribution in [3.05, 3.63) is 63.7 Å². The summed E-state index contributed by atoms with van der Waals surface area (Å²) in [4.78, 5) is 4.32. The molecule has 0 aliphatic heterocycles. The van der Waals surface area contributed by atoms with Crippen molar-refractivity contribution in [2.75, 3.05) is 10.6 Å². The van der Waals surface area contributed by atoms with Crippen molar-refractivity contribution in [2.24, 2.45) is 0 Å². The highest BCUT2D eigenvalue weighted by Crippen LogP contribution is 2.31. The van der Waals surface area contributed by atoms with Crippen LogP contribution in [-0.4, -0.2) is 15.2 Å². The van der Waals surface area contributed by atoms with Crippen LogP contribution in [0.1, 0.15) is 0 Å². The molecule has 0 spiro atoms. The number of aromatic nitrogens is 3. The Kier molecular flexibility index (Phi) is 4.81. The van der Waals surface area contributed by atoms with Gasteiger partial charge in [0.05, 0.1) is 21.9 Å². The number of hydrogen-bond donors (Lipinski definition) is 2. The highest BCUT2D eigenvalue weighted by molar-refractivity contribution is 6.39. The van der Waals surface area contributed by atoms with Gasteiger partial charge in [-0.25, -0.2) is 0 Å². The van der Waals surface area contributed by atoms with Gasteiger partial charge in [-0.15, -0.1) is 5.10 Å². The van der Waals surface area contributed by atoms with Crippen molar-refractivity contribution in [2.45, 2.75) is 0 Å². The van der Waals surface area contributed by atoms with Crippen LogP contribution < -0.4 is 10.6 Å². The fourth-order valence-corrected chi connectivity index (χ4v) is 2.54. The minimum atomic E-state index is 0.270. The van der Waals surface area contributed by atoms with Crippen molar-refractivity contribution < 1.29 is 0 Å². The van der Waals surface area contributed by atoms with Gasteiger partial charge in [0.25, 0.3) is 0 Å². The first-order valence-electron chi connectivity index (χ1n) is 6.55. The molecule has 0 atom stereocenters. The second-order valence-corrected chi connectivity index (χ2v) is 5.77. The molecule has 23 heavy (non-hydrogen) atoms. The Bertz CT molecular complexity index is 821. The zero-order valence-electron chi connectivity index (χ0n) is 11.6. The summed E-state index contributed by atoms with van der Waals surface area (Å²) < 4.78 is 0. The number of benzene rings is 2. The van der Waals surface area contributed by atoms with Gasteiger partial charge >= 0.3 is 0 Å². The van der Waals surface area contributed by atoms with E-state index < -0.39 is 0 Å². The van der Waals surface area contributed by atoms with E-state index in [1.54, 1.807) is 30.3 Å². The van der Waals surface area contributed by atoms with Gasteiger partial charge in [0.15, 0.2) is 5.82 Å². The Balaban J connectivity index is 1.83. The monoisotopic (exact) mass is 365 g/mol. The number of rotatable bonds is 4. The van der Waals surface area contributed by atoms with E-state index in [1.165, 1.54) is 6.20 Å². The number of anilines is 4. The maximum absolute atomic E-state index is 6.11. The molecular weight excluding hydrogens is 357 g/mol. The molecule has 0 saturated heterocycles. The largest absolute Gasteiger partial charge is 0.339 e. The summed E-state index contributed by atoms with van der Waals surface area (Å²) in [5.74, 6) is 0.778. The molecule has 0 amide bonds.